The van der Waals surface area contributed by atoms with Gasteiger partial charge in [-0.15, -0.1) is 0 Å². The summed E-state index contributed by atoms with van der Waals surface area (Å²) >= 11 is 0. The van der Waals surface area contributed by atoms with Gasteiger partial charge in [0.25, 0.3) is 11.8 Å². The summed E-state index contributed by atoms with van der Waals surface area (Å²) in [6, 6.07) is 14.5. The van der Waals surface area contributed by atoms with E-state index < -0.39 is 11.9 Å². The highest BCUT2D eigenvalue weighted by atomic mass is 16.5. The van der Waals surface area contributed by atoms with Crippen LogP contribution in [0.2, 0.25) is 0 Å². The van der Waals surface area contributed by atoms with Crippen molar-refractivity contribution >= 4 is 11.8 Å². The van der Waals surface area contributed by atoms with Crippen LogP contribution in [0.5, 0.6) is 0 Å². The molecule has 2 aromatic carbocycles. The molecule has 7 heteroatoms. The lowest BCUT2D eigenvalue weighted by Gasteiger charge is -2.26. The zero-order chi connectivity index (χ0) is 22.3. The van der Waals surface area contributed by atoms with Crippen LogP contribution in [0.4, 0.5) is 0 Å². The molecule has 2 amide bonds. The molecule has 2 aliphatic rings. The van der Waals surface area contributed by atoms with Gasteiger partial charge in [0, 0.05) is 36.3 Å². The second-order valence-corrected chi connectivity index (χ2v) is 8.18. The Balaban J connectivity index is 1.33. The topological polar surface area (TPSA) is 90.9 Å². The Kier molecular flexibility index (Phi) is 7.17. The third-order valence-corrected chi connectivity index (χ3v) is 5.73. The van der Waals surface area contributed by atoms with Gasteiger partial charge in [0.05, 0.1) is 13.2 Å². The van der Waals surface area contributed by atoms with Gasteiger partial charge in [0.2, 0.25) is 0 Å². The highest BCUT2D eigenvalue weighted by molar-refractivity contribution is 5.97. The average molecular weight is 434 g/mol. The highest BCUT2D eigenvalue weighted by Gasteiger charge is 2.37. The molecule has 0 radical (unpaired) electrons. The van der Waals surface area contributed by atoms with E-state index in [9.17, 15) is 9.59 Å². The van der Waals surface area contributed by atoms with Crippen LogP contribution in [0.1, 0.15) is 39.9 Å². The Hall–Kier alpha value is -3.18. The van der Waals surface area contributed by atoms with E-state index in [1.807, 2.05) is 12.1 Å². The predicted octanol–water partition coefficient (Wildman–Crippen LogP) is 1.93. The molecule has 2 aromatic rings. The zero-order valence-electron chi connectivity index (χ0n) is 17.8. The summed E-state index contributed by atoms with van der Waals surface area (Å²) in [6.45, 7) is 4.44. The van der Waals surface area contributed by atoms with Gasteiger partial charge in [-0.25, -0.2) is 5.48 Å². The Morgan fingerprint density at radius 3 is 2.16 bits per heavy atom. The van der Waals surface area contributed by atoms with Crippen LogP contribution in [0.3, 0.4) is 0 Å². The Bertz CT molecular complexity index is 998. The standard InChI is InChI=1S/C25H27N3O4/c29-24(26-23(21-11-12-21)25(30)27-31)22-9-7-19(8-10-22)2-1-18-3-5-20(6-4-18)17-28-13-15-32-16-14-28/h3-10,21,23,31H,11-17H2,(H,26,29)(H,27,30). The summed E-state index contributed by atoms with van der Waals surface area (Å²) < 4.78 is 5.39. The van der Waals surface area contributed by atoms with E-state index in [4.69, 9.17) is 9.94 Å². The van der Waals surface area contributed by atoms with Gasteiger partial charge >= 0.3 is 0 Å². The van der Waals surface area contributed by atoms with Crippen LogP contribution in [0.25, 0.3) is 0 Å². The number of nitrogens with zero attached hydrogens (tertiary/aromatic N) is 1. The summed E-state index contributed by atoms with van der Waals surface area (Å²) in [7, 11) is 0. The lowest BCUT2D eigenvalue weighted by molar-refractivity contribution is -0.131. The van der Waals surface area contributed by atoms with Crippen LogP contribution >= 0.6 is 0 Å². The molecule has 1 saturated heterocycles. The molecule has 1 aliphatic heterocycles. The normalized spacial score (nSPS) is 17.0. The fraction of sp³-hybridized carbons (Fsp3) is 0.360. The molecule has 1 atom stereocenters. The molecule has 1 unspecified atom stereocenters. The van der Waals surface area contributed by atoms with Crippen molar-refractivity contribution in [3.63, 3.8) is 0 Å². The lowest BCUT2D eigenvalue weighted by Crippen LogP contribution is -2.47. The van der Waals surface area contributed by atoms with Crippen molar-refractivity contribution in [2.45, 2.75) is 25.4 Å². The van der Waals surface area contributed by atoms with Crippen molar-refractivity contribution in [1.29, 1.82) is 0 Å². The minimum Gasteiger partial charge on any atom is -0.379 e. The highest BCUT2D eigenvalue weighted by Crippen LogP contribution is 2.32. The van der Waals surface area contributed by atoms with Gasteiger partial charge in [0.15, 0.2) is 0 Å². The maximum atomic E-state index is 12.5. The molecule has 0 spiro atoms. The van der Waals surface area contributed by atoms with Crippen LogP contribution in [-0.2, 0) is 16.1 Å². The molecular weight excluding hydrogens is 406 g/mol. The van der Waals surface area contributed by atoms with Gasteiger partial charge in [0.1, 0.15) is 6.04 Å². The molecule has 0 aromatic heterocycles. The SMILES string of the molecule is O=C(NC(C(=O)NO)C1CC1)c1ccc(C#Cc2ccc(CN3CCOCC3)cc2)cc1. The van der Waals surface area contributed by atoms with Gasteiger partial charge in [-0.2, -0.15) is 0 Å². The summed E-state index contributed by atoms with van der Waals surface area (Å²) in [5.41, 5.74) is 5.06. The second kappa shape index (κ2) is 10.4. The molecule has 1 aliphatic carbocycles. The van der Waals surface area contributed by atoms with Gasteiger partial charge in [-0.05, 0) is 60.7 Å². The number of morpholine rings is 1. The van der Waals surface area contributed by atoms with Gasteiger partial charge < -0.3 is 10.1 Å². The maximum absolute atomic E-state index is 12.5. The molecule has 166 valence electrons. The third-order valence-electron chi connectivity index (χ3n) is 5.73. The van der Waals surface area contributed by atoms with Crippen LogP contribution in [0, 0.1) is 17.8 Å². The summed E-state index contributed by atoms with van der Waals surface area (Å²) in [5.74, 6) is 5.42. The quantitative estimate of drug-likeness (QED) is 0.368. The van der Waals surface area contributed by atoms with Gasteiger partial charge in [-0.1, -0.05) is 24.0 Å². The van der Waals surface area contributed by atoms with E-state index in [1.165, 1.54) is 5.56 Å². The fourth-order valence-electron chi connectivity index (χ4n) is 3.68. The number of hydrogen-bond donors (Lipinski definition) is 3. The van der Waals surface area contributed by atoms with Crippen molar-refractivity contribution < 1.29 is 19.5 Å². The van der Waals surface area contributed by atoms with E-state index in [1.54, 1.807) is 29.7 Å². The van der Waals surface area contributed by atoms with Crippen LogP contribution in [0.15, 0.2) is 48.5 Å². The van der Waals surface area contributed by atoms with E-state index in [-0.39, 0.29) is 11.8 Å². The van der Waals surface area contributed by atoms with E-state index >= 15 is 0 Å². The Morgan fingerprint density at radius 1 is 1.00 bits per heavy atom. The number of nitrogens with one attached hydrogen (secondary N) is 2. The lowest BCUT2D eigenvalue weighted by atomic mass is 10.1. The number of ether oxygens (including phenoxy) is 1. The molecule has 4 rings (SSSR count). The predicted molar refractivity (Wildman–Crippen MR) is 119 cm³/mol. The van der Waals surface area contributed by atoms with Crippen molar-refractivity contribution in [3.8, 4) is 11.8 Å². The van der Waals surface area contributed by atoms with Gasteiger partial charge in [-0.3, -0.25) is 19.7 Å². The molecule has 1 saturated carbocycles. The minimum absolute atomic E-state index is 0.0801. The maximum Gasteiger partial charge on any atom is 0.266 e. The molecule has 32 heavy (non-hydrogen) atoms. The number of hydroxylamine groups is 1. The molecule has 2 fully saturated rings. The summed E-state index contributed by atoms with van der Waals surface area (Å²) in [5, 5.41) is 11.6. The van der Waals surface area contributed by atoms with E-state index in [0.717, 1.165) is 56.8 Å². The number of carbonyl (C=O) groups is 2. The summed E-state index contributed by atoms with van der Waals surface area (Å²) in [6.07, 6.45) is 1.72. The van der Waals surface area contributed by atoms with Crippen LogP contribution in [-0.4, -0.2) is 54.3 Å². The smallest absolute Gasteiger partial charge is 0.266 e. The van der Waals surface area contributed by atoms with E-state index in [0.29, 0.717) is 5.56 Å². The minimum atomic E-state index is -0.710. The number of hydrogen-bond acceptors (Lipinski definition) is 5. The first kappa shape index (κ1) is 22.0. The third kappa shape index (κ3) is 5.95. The van der Waals surface area contributed by atoms with Crippen molar-refractivity contribution in [1.82, 2.24) is 15.7 Å². The number of carbonyl (C=O) groups excluding carboxylic acids is 2. The van der Waals surface area contributed by atoms with Crippen LogP contribution < -0.4 is 10.8 Å². The first-order valence-electron chi connectivity index (χ1n) is 10.9. The average Bonchev–Trinajstić information content (AvgIpc) is 3.68. The van der Waals surface area contributed by atoms with Crippen molar-refractivity contribution in [2.75, 3.05) is 26.3 Å². The molecular formula is C25H27N3O4. The largest absolute Gasteiger partial charge is 0.379 e. The number of rotatable bonds is 6. The number of benzene rings is 2. The first-order chi connectivity index (χ1) is 15.6. The molecule has 0 bridgehead atoms. The summed E-state index contributed by atoms with van der Waals surface area (Å²) in [4.78, 5) is 26.6. The van der Waals surface area contributed by atoms with Crippen molar-refractivity contribution in [3.05, 3.63) is 70.8 Å². The monoisotopic (exact) mass is 433 g/mol. The molecule has 1 heterocycles. The zero-order valence-corrected chi connectivity index (χ0v) is 17.8. The van der Waals surface area contributed by atoms with E-state index in [2.05, 4.69) is 34.2 Å². The Labute approximate surface area is 187 Å². The fourth-order valence-corrected chi connectivity index (χ4v) is 3.68. The first-order valence-corrected chi connectivity index (χ1v) is 10.9. The molecule has 7 nitrogen and oxygen atoms in total. The number of amides is 2. The van der Waals surface area contributed by atoms with Crippen molar-refractivity contribution in [2.24, 2.45) is 5.92 Å². The molecule has 3 N–H and O–H groups in total. The Morgan fingerprint density at radius 2 is 1.59 bits per heavy atom. The second-order valence-electron chi connectivity index (χ2n) is 8.18.